The third-order valence-electron chi connectivity index (χ3n) is 14.7. The van der Waals surface area contributed by atoms with Gasteiger partial charge in [0.2, 0.25) is 17.7 Å². The number of aliphatic hydroxyl groups is 2. The van der Waals surface area contributed by atoms with Crippen LogP contribution in [-0.2, 0) is 55.9 Å². The largest absolute Gasteiger partial charge is 0.480 e. The molecule has 0 spiro atoms. The van der Waals surface area contributed by atoms with Crippen LogP contribution in [0.5, 0.6) is 0 Å². The number of hydrogen-bond donors (Lipinski definition) is 7. The van der Waals surface area contributed by atoms with E-state index in [1.54, 1.807) is 81.4 Å². The fourth-order valence-electron chi connectivity index (χ4n) is 10.3. The molecular weight excluding hydrogens is 1040 g/mol. The minimum atomic E-state index is -3.76. The maximum absolute atomic E-state index is 13.8. The topological polar surface area (TPSA) is 321 Å². The number of likely N-dealkylation sites (tertiary alicyclic amines) is 2. The van der Waals surface area contributed by atoms with Crippen molar-refractivity contribution in [2.75, 3.05) is 39.5 Å². The van der Waals surface area contributed by atoms with Crippen LogP contribution in [0.3, 0.4) is 0 Å². The third-order valence-corrected chi connectivity index (χ3v) is 20.3. The molecule has 6 aliphatic rings. The number of nitrogens with zero attached hydrogens (tertiary/aromatic N) is 2. The monoisotopic (exact) mass is 1130 g/mol. The van der Waals surface area contributed by atoms with E-state index in [9.17, 15) is 53.2 Å². The smallest absolute Gasteiger partial charge is 0.408 e. The summed E-state index contributed by atoms with van der Waals surface area (Å²) in [5, 5.41) is 35.6. The fraction of sp³-hybridized carbons (Fsp3) is 0.808. The molecule has 10 atom stereocenters. The van der Waals surface area contributed by atoms with Crippen molar-refractivity contribution >= 4 is 51.1 Å². The zero-order valence-electron chi connectivity index (χ0n) is 47.0. The van der Waals surface area contributed by atoms with Crippen LogP contribution in [0.15, 0.2) is 25.3 Å². The zero-order valence-corrected chi connectivity index (χ0v) is 48.8. The minimum absolute atomic E-state index is 0.00334. The summed E-state index contributed by atoms with van der Waals surface area (Å²) in [6.07, 6.45) is 8.08. The molecule has 0 radical (unpaired) electrons. The van der Waals surface area contributed by atoms with E-state index in [4.69, 9.17) is 33.3 Å². The highest BCUT2D eigenvalue weighted by Crippen LogP contribution is 2.73. The maximum Gasteiger partial charge on any atom is 0.408 e. The van der Waals surface area contributed by atoms with E-state index in [-0.39, 0.29) is 63.2 Å². The van der Waals surface area contributed by atoms with Gasteiger partial charge in [-0.2, -0.15) is 0 Å². The number of hydrogen-bond acceptors (Lipinski definition) is 17. The standard InChI is InChI=1S/C26H44N3O8P.C17H28N2O6.C9H18NO3P/c1-7-17-15-26(17,38(34,35-8-2)36-9-3)28-22(31)20-14-18(30)16-29(20)23(32)21(25(4,5)6)27-24(33)37-19-12-10-11-13-19;1-17(2,3)13(18-16(24)25-11-6-4-5-7-11)14(21)19-9-10(20)8-12(19)15(22)23;1-4-8-7-9(8,10)14(11,12-5-2)13-6-3/h7,17-21,30H,1,8-16H2,2-6H3,(H,27,33)(H,28,31);10-13,20H,4-9H2,1-3H3,(H,18,24)(H,22,23);4,8H,1,5-7,10H2,2-3H3/t17?,18-,20+,21-,26?;10-,12?,13-;/m11./s1. The Balaban J connectivity index is 0.000000280. The Labute approximate surface area is 454 Å². The Morgan fingerprint density at radius 2 is 1.03 bits per heavy atom. The number of ether oxygens (including phenoxy) is 2. The van der Waals surface area contributed by atoms with Gasteiger partial charge in [-0.1, -0.05) is 53.7 Å². The van der Waals surface area contributed by atoms with E-state index in [0.29, 0.717) is 26.1 Å². The van der Waals surface area contributed by atoms with Crippen molar-refractivity contribution in [3.05, 3.63) is 25.3 Å². The quantitative estimate of drug-likeness (QED) is 0.0473. The van der Waals surface area contributed by atoms with Crippen LogP contribution in [0.2, 0.25) is 0 Å². The molecule has 5 unspecified atom stereocenters. The molecule has 440 valence electrons. The van der Waals surface area contributed by atoms with Crippen molar-refractivity contribution in [1.29, 1.82) is 0 Å². The number of alkyl carbamates (subject to hydrolysis) is 2. The van der Waals surface area contributed by atoms with E-state index in [2.05, 4.69) is 29.1 Å². The van der Waals surface area contributed by atoms with Crippen molar-refractivity contribution in [2.45, 2.75) is 205 Å². The predicted molar refractivity (Wildman–Crippen MR) is 286 cm³/mol. The molecule has 0 bridgehead atoms. The van der Waals surface area contributed by atoms with Crippen LogP contribution >= 0.6 is 15.2 Å². The molecule has 6 fully saturated rings. The highest BCUT2D eigenvalue weighted by molar-refractivity contribution is 7.56. The molecule has 25 heteroatoms. The van der Waals surface area contributed by atoms with Gasteiger partial charge in [0.1, 0.15) is 46.9 Å². The van der Waals surface area contributed by atoms with E-state index in [1.807, 2.05) is 0 Å². The molecule has 77 heavy (non-hydrogen) atoms. The number of aliphatic carboxylic acids is 1. The summed E-state index contributed by atoms with van der Waals surface area (Å²) in [7, 11) is -6.92. The lowest BCUT2D eigenvalue weighted by molar-refractivity contribution is -0.150. The molecule has 5 amide bonds. The number of aliphatic hydroxyl groups excluding tert-OH is 2. The van der Waals surface area contributed by atoms with Gasteiger partial charge < -0.3 is 74.4 Å². The summed E-state index contributed by atoms with van der Waals surface area (Å²) in [6, 6.07) is -4.05. The molecule has 0 aromatic rings. The first-order chi connectivity index (χ1) is 35.9. The molecule has 4 aliphatic carbocycles. The van der Waals surface area contributed by atoms with Crippen LogP contribution in [0, 0.1) is 22.7 Å². The Bertz CT molecular complexity index is 2160. The third kappa shape index (κ3) is 16.4. The van der Waals surface area contributed by atoms with Crippen molar-refractivity contribution in [1.82, 2.24) is 25.8 Å². The summed E-state index contributed by atoms with van der Waals surface area (Å²) in [6.45, 7) is 26.0. The van der Waals surface area contributed by atoms with E-state index < -0.39 is 109 Å². The molecule has 4 saturated carbocycles. The number of carbonyl (C=O) groups is 6. The molecule has 2 aliphatic heterocycles. The predicted octanol–water partition coefficient (Wildman–Crippen LogP) is 6.55. The van der Waals surface area contributed by atoms with Gasteiger partial charge in [-0.25, -0.2) is 14.4 Å². The van der Waals surface area contributed by atoms with Gasteiger partial charge in [0, 0.05) is 37.8 Å². The SMILES string of the molecule is C=CC1CC1(N)P(=O)(OCC)OCC.C=CC1CC1(NC(=O)[C@@H]1C[C@@H](O)CN1C(=O)[C@@H](NC(=O)OC1CCCC1)C(C)(C)C)P(=O)(OCC)OCC.CC(C)(C)[C@H](NC(=O)OC1CCCC1)C(=O)N1C[C@H](O)CC1C(=O)O. The number of amides is 5. The van der Waals surface area contributed by atoms with Gasteiger partial charge in [-0.3, -0.25) is 23.5 Å². The number of β-amino-alcohol motifs (C(OH)–C–C–N with tert-alkyl or cyclic N) is 2. The first-order valence-electron chi connectivity index (χ1n) is 27.2. The van der Waals surface area contributed by atoms with Crippen LogP contribution in [0.1, 0.15) is 146 Å². The van der Waals surface area contributed by atoms with Gasteiger partial charge in [0.15, 0.2) is 0 Å². The summed E-state index contributed by atoms with van der Waals surface area (Å²) < 4.78 is 58.3. The molecular formula is C52H90N6O17P2. The molecule has 23 nitrogen and oxygen atoms in total. The lowest BCUT2D eigenvalue weighted by Gasteiger charge is -2.36. The Kier molecular flexibility index (Phi) is 23.4. The lowest BCUT2D eigenvalue weighted by atomic mass is 9.85. The van der Waals surface area contributed by atoms with Crippen LogP contribution in [0.25, 0.3) is 0 Å². The summed E-state index contributed by atoms with van der Waals surface area (Å²) in [5.74, 6) is -3.03. The summed E-state index contributed by atoms with van der Waals surface area (Å²) in [4.78, 5) is 78.9. The van der Waals surface area contributed by atoms with Gasteiger partial charge in [-0.05, 0) is 103 Å². The molecule has 0 aromatic carbocycles. The number of carboxylic acid groups (broad SMARTS) is 1. The highest BCUT2D eigenvalue weighted by Gasteiger charge is 2.69. The average Bonchev–Trinajstić information content (AvgIpc) is 3.72. The number of nitrogens with two attached hydrogens (primary N) is 1. The Hall–Kier alpha value is -3.92. The Morgan fingerprint density at radius 3 is 1.36 bits per heavy atom. The normalized spacial score (nSPS) is 28.2. The first kappa shape index (κ1) is 65.6. The molecule has 0 aromatic heterocycles. The van der Waals surface area contributed by atoms with Crippen LogP contribution < -0.4 is 21.7 Å². The summed E-state index contributed by atoms with van der Waals surface area (Å²) in [5.41, 5.74) is 4.63. The fourth-order valence-corrected chi connectivity index (χ4v) is 14.9. The van der Waals surface area contributed by atoms with Crippen LogP contribution in [0.4, 0.5) is 9.59 Å². The highest BCUT2D eigenvalue weighted by atomic mass is 31.2. The second-order valence-corrected chi connectivity index (χ2v) is 27.5. The molecule has 8 N–H and O–H groups in total. The maximum atomic E-state index is 13.8. The number of rotatable bonds is 21. The second-order valence-electron chi connectivity index (χ2n) is 22.8. The average molecular weight is 1130 g/mol. The van der Waals surface area contributed by atoms with Gasteiger partial charge in [0.05, 0.1) is 38.6 Å². The number of nitrogens with one attached hydrogen (secondary N) is 3. The van der Waals surface area contributed by atoms with Crippen LogP contribution in [-0.4, -0.2) is 160 Å². The van der Waals surface area contributed by atoms with Gasteiger partial charge in [0.25, 0.3) is 0 Å². The molecule has 2 saturated heterocycles. The number of carbonyl (C=O) groups excluding carboxylic acids is 5. The van der Waals surface area contributed by atoms with Crippen molar-refractivity contribution in [3.63, 3.8) is 0 Å². The van der Waals surface area contributed by atoms with Gasteiger partial charge >= 0.3 is 33.3 Å². The van der Waals surface area contributed by atoms with Crippen molar-refractivity contribution in [3.8, 4) is 0 Å². The summed E-state index contributed by atoms with van der Waals surface area (Å²) >= 11 is 0. The minimum Gasteiger partial charge on any atom is -0.480 e. The molecule has 6 rings (SSSR count). The van der Waals surface area contributed by atoms with Gasteiger partial charge in [-0.15, -0.1) is 13.2 Å². The van der Waals surface area contributed by atoms with E-state index in [1.165, 1.54) is 4.90 Å². The lowest BCUT2D eigenvalue weighted by Crippen LogP contribution is -2.58. The van der Waals surface area contributed by atoms with Crippen molar-refractivity contribution < 1.29 is 80.8 Å². The zero-order chi connectivity index (χ0) is 57.9. The Morgan fingerprint density at radius 1 is 0.649 bits per heavy atom. The second kappa shape index (κ2) is 27.5. The van der Waals surface area contributed by atoms with Crippen molar-refractivity contribution in [2.24, 2.45) is 28.4 Å². The number of carboxylic acids is 1. The van der Waals surface area contributed by atoms with E-state index >= 15 is 0 Å². The molecule has 2 heterocycles. The van der Waals surface area contributed by atoms with E-state index in [0.717, 1.165) is 56.3 Å². The first-order valence-corrected chi connectivity index (χ1v) is 30.3.